The Hall–Kier alpha value is -1.92. The van der Waals surface area contributed by atoms with Crippen molar-refractivity contribution in [1.29, 1.82) is 0 Å². The van der Waals surface area contributed by atoms with E-state index < -0.39 is 5.97 Å². The van der Waals surface area contributed by atoms with Crippen LogP contribution in [0.3, 0.4) is 0 Å². The quantitative estimate of drug-likeness (QED) is 0.880. The minimum absolute atomic E-state index is 0.0967. The van der Waals surface area contributed by atoms with Gasteiger partial charge < -0.3 is 14.7 Å². The number of rotatable bonds is 6. The topological polar surface area (TPSA) is 62.7 Å². The summed E-state index contributed by atoms with van der Waals surface area (Å²) >= 11 is 1.61. The van der Waals surface area contributed by atoms with Crippen molar-refractivity contribution in [3.63, 3.8) is 0 Å². The summed E-state index contributed by atoms with van der Waals surface area (Å²) in [6.45, 7) is 2.14. The first kappa shape index (κ1) is 16.0. The summed E-state index contributed by atoms with van der Waals surface area (Å²) in [5, 5.41) is 12.2. The number of carbonyl (C=O) groups is 1. The van der Waals surface area contributed by atoms with Crippen molar-refractivity contribution in [2.24, 2.45) is 0 Å². The average molecular weight is 332 g/mol. The standard InChI is InChI=1S/C17H20N2O3S/c1-22-10-16-18-13(11-23-16)9-19-7-6-12(8-17(20)21)14-4-2-3-5-15(14)19/h2-5,11-12H,6-10H2,1H3,(H,20,21). The molecule has 0 radical (unpaired) electrons. The number of aromatic nitrogens is 1. The number of carboxylic acids is 1. The predicted octanol–water partition coefficient (Wildman–Crippen LogP) is 3.26. The fraction of sp³-hybridized carbons (Fsp3) is 0.412. The molecule has 122 valence electrons. The van der Waals surface area contributed by atoms with Crippen LogP contribution in [0, 0.1) is 0 Å². The van der Waals surface area contributed by atoms with Gasteiger partial charge in [0, 0.05) is 24.7 Å². The van der Waals surface area contributed by atoms with E-state index in [0.717, 1.165) is 41.5 Å². The number of aliphatic carboxylic acids is 1. The van der Waals surface area contributed by atoms with Crippen LogP contribution in [0.15, 0.2) is 29.6 Å². The molecule has 0 fully saturated rings. The third-order valence-electron chi connectivity index (χ3n) is 4.11. The summed E-state index contributed by atoms with van der Waals surface area (Å²) in [6, 6.07) is 8.11. The number of benzene rings is 1. The number of nitrogens with zero attached hydrogens (tertiary/aromatic N) is 2. The van der Waals surface area contributed by atoms with Crippen molar-refractivity contribution >= 4 is 23.0 Å². The Labute approximate surface area is 139 Å². The second kappa shape index (κ2) is 7.10. The minimum atomic E-state index is -0.734. The van der Waals surface area contributed by atoms with Gasteiger partial charge >= 0.3 is 5.97 Å². The molecule has 1 aromatic carbocycles. The Balaban J connectivity index is 1.79. The number of para-hydroxylation sites is 1. The van der Waals surface area contributed by atoms with Gasteiger partial charge in [-0.25, -0.2) is 4.98 Å². The lowest BCUT2D eigenvalue weighted by molar-refractivity contribution is -0.137. The van der Waals surface area contributed by atoms with Crippen LogP contribution in [0.1, 0.15) is 35.0 Å². The van der Waals surface area contributed by atoms with E-state index in [1.54, 1.807) is 18.4 Å². The molecule has 1 aromatic heterocycles. The van der Waals surface area contributed by atoms with Crippen molar-refractivity contribution in [2.75, 3.05) is 18.6 Å². The van der Waals surface area contributed by atoms with Gasteiger partial charge in [-0.3, -0.25) is 4.79 Å². The van der Waals surface area contributed by atoms with Crippen LogP contribution in [0.2, 0.25) is 0 Å². The summed E-state index contributed by atoms with van der Waals surface area (Å²) in [5.41, 5.74) is 3.30. The van der Waals surface area contributed by atoms with Gasteiger partial charge in [-0.15, -0.1) is 11.3 Å². The van der Waals surface area contributed by atoms with Gasteiger partial charge in [0.05, 0.1) is 25.3 Å². The van der Waals surface area contributed by atoms with Crippen molar-refractivity contribution in [3.8, 4) is 0 Å². The molecule has 23 heavy (non-hydrogen) atoms. The summed E-state index contributed by atoms with van der Waals surface area (Å²) in [4.78, 5) is 18.0. The van der Waals surface area contributed by atoms with Crippen LogP contribution in [-0.4, -0.2) is 29.7 Å². The zero-order valence-electron chi connectivity index (χ0n) is 13.1. The molecule has 1 aliphatic heterocycles. The van der Waals surface area contributed by atoms with Gasteiger partial charge in [0.2, 0.25) is 0 Å². The molecular formula is C17H20N2O3S. The second-order valence-electron chi connectivity index (χ2n) is 5.73. The van der Waals surface area contributed by atoms with Crippen molar-refractivity contribution in [3.05, 3.63) is 45.9 Å². The Bertz CT molecular complexity index is 686. The van der Waals surface area contributed by atoms with Gasteiger partial charge in [0.1, 0.15) is 5.01 Å². The molecule has 1 unspecified atom stereocenters. The third-order valence-corrected chi connectivity index (χ3v) is 4.98. The Morgan fingerprint density at radius 2 is 2.30 bits per heavy atom. The van der Waals surface area contributed by atoms with Crippen LogP contribution in [0.25, 0.3) is 0 Å². The SMILES string of the molecule is COCc1nc(CN2CCC(CC(=O)O)c3ccccc32)cs1. The first-order chi connectivity index (χ1) is 11.2. The van der Waals surface area contributed by atoms with Gasteiger partial charge in [0.25, 0.3) is 0 Å². The van der Waals surface area contributed by atoms with Gasteiger partial charge in [-0.2, -0.15) is 0 Å². The van der Waals surface area contributed by atoms with Crippen LogP contribution >= 0.6 is 11.3 Å². The molecule has 0 bridgehead atoms. The zero-order valence-corrected chi connectivity index (χ0v) is 13.9. The molecule has 2 heterocycles. The maximum Gasteiger partial charge on any atom is 0.303 e. The number of hydrogen-bond acceptors (Lipinski definition) is 5. The molecule has 2 aromatic rings. The van der Waals surface area contributed by atoms with E-state index in [4.69, 9.17) is 9.84 Å². The largest absolute Gasteiger partial charge is 0.481 e. The first-order valence-electron chi connectivity index (χ1n) is 7.65. The highest BCUT2D eigenvalue weighted by molar-refractivity contribution is 7.09. The number of methoxy groups -OCH3 is 1. The number of anilines is 1. The molecule has 1 N–H and O–H groups in total. The normalized spacial score (nSPS) is 17.1. The van der Waals surface area contributed by atoms with E-state index in [0.29, 0.717) is 6.61 Å². The van der Waals surface area contributed by atoms with Crippen LogP contribution < -0.4 is 4.90 Å². The van der Waals surface area contributed by atoms with E-state index in [2.05, 4.69) is 21.3 Å². The maximum atomic E-state index is 11.1. The molecule has 3 rings (SSSR count). The van der Waals surface area contributed by atoms with Crippen LogP contribution in [0.4, 0.5) is 5.69 Å². The Morgan fingerprint density at radius 1 is 1.48 bits per heavy atom. The molecule has 0 aliphatic carbocycles. The Kier molecular flexibility index (Phi) is 4.93. The molecule has 0 saturated heterocycles. The predicted molar refractivity (Wildman–Crippen MR) is 89.9 cm³/mol. The van der Waals surface area contributed by atoms with Crippen LogP contribution in [0.5, 0.6) is 0 Å². The number of carboxylic acid groups (broad SMARTS) is 1. The van der Waals surface area contributed by atoms with Gasteiger partial charge in [-0.05, 0) is 24.0 Å². The Morgan fingerprint density at radius 3 is 3.09 bits per heavy atom. The highest BCUT2D eigenvalue weighted by Crippen LogP contribution is 2.37. The molecule has 6 heteroatoms. The number of ether oxygens (including phenoxy) is 1. The summed E-state index contributed by atoms with van der Waals surface area (Å²) in [5.74, 6) is -0.638. The first-order valence-corrected chi connectivity index (χ1v) is 8.53. The molecular weight excluding hydrogens is 312 g/mol. The summed E-state index contributed by atoms with van der Waals surface area (Å²) < 4.78 is 5.12. The van der Waals surface area contributed by atoms with E-state index >= 15 is 0 Å². The van der Waals surface area contributed by atoms with Crippen molar-refractivity contribution in [1.82, 2.24) is 4.98 Å². The third kappa shape index (κ3) is 3.71. The maximum absolute atomic E-state index is 11.1. The lowest BCUT2D eigenvalue weighted by atomic mass is 9.87. The fourth-order valence-corrected chi connectivity index (χ4v) is 3.86. The summed E-state index contributed by atoms with van der Waals surface area (Å²) in [6.07, 6.45) is 1.05. The average Bonchev–Trinajstić information content (AvgIpc) is 2.97. The second-order valence-corrected chi connectivity index (χ2v) is 6.67. The molecule has 5 nitrogen and oxygen atoms in total. The number of thiazole rings is 1. The monoisotopic (exact) mass is 332 g/mol. The smallest absolute Gasteiger partial charge is 0.303 e. The lowest BCUT2D eigenvalue weighted by Crippen LogP contribution is -2.31. The zero-order chi connectivity index (χ0) is 16.2. The lowest BCUT2D eigenvalue weighted by Gasteiger charge is -2.35. The van der Waals surface area contributed by atoms with Crippen LogP contribution in [-0.2, 0) is 22.7 Å². The van der Waals surface area contributed by atoms with Gasteiger partial charge in [-0.1, -0.05) is 18.2 Å². The van der Waals surface area contributed by atoms with Crippen molar-refractivity contribution in [2.45, 2.75) is 31.9 Å². The molecule has 0 amide bonds. The number of fused-ring (bicyclic) bond motifs is 1. The van der Waals surface area contributed by atoms with E-state index in [-0.39, 0.29) is 12.3 Å². The summed E-state index contributed by atoms with van der Waals surface area (Å²) in [7, 11) is 1.67. The van der Waals surface area contributed by atoms with Gasteiger partial charge in [0.15, 0.2) is 0 Å². The molecule has 0 saturated carbocycles. The fourth-order valence-electron chi connectivity index (χ4n) is 3.10. The molecule has 1 atom stereocenters. The molecule has 0 spiro atoms. The van der Waals surface area contributed by atoms with E-state index in [1.807, 2.05) is 18.2 Å². The molecule has 1 aliphatic rings. The minimum Gasteiger partial charge on any atom is -0.481 e. The van der Waals surface area contributed by atoms with Crippen molar-refractivity contribution < 1.29 is 14.6 Å². The number of hydrogen-bond donors (Lipinski definition) is 1. The van der Waals surface area contributed by atoms with E-state index in [1.165, 1.54) is 0 Å². The highest BCUT2D eigenvalue weighted by Gasteiger charge is 2.26. The highest BCUT2D eigenvalue weighted by atomic mass is 32.1. The van der Waals surface area contributed by atoms with E-state index in [9.17, 15) is 4.79 Å².